The molecule has 30 heavy (non-hydrogen) atoms. The molecule has 3 rings (SSSR count). The minimum atomic E-state index is -4.54. The molecule has 0 bridgehead atoms. The van der Waals surface area contributed by atoms with Crippen LogP contribution in [0.4, 0.5) is 24.5 Å². The fourth-order valence-corrected chi connectivity index (χ4v) is 3.02. The lowest BCUT2D eigenvalue weighted by Crippen LogP contribution is -2.37. The van der Waals surface area contributed by atoms with Crippen molar-refractivity contribution in [3.63, 3.8) is 0 Å². The van der Waals surface area contributed by atoms with Crippen LogP contribution in [0.1, 0.15) is 18.1 Å². The number of anilines is 2. The van der Waals surface area contributed by atoms with E-state index in [2.05, 4.69) is 5.32 Å². The van der Waals surface area contributed by atoms with Crippen LogP contribution in [-0.2, 0) is 15.7 Å². The first-order valence-corrected chi connectivity index (χ1v) is 9.29. The number of nitrogens with one attached hydrogen (secondary N) is 1. The van der Waals surface area contributed by atoms with Crippen LogP contribution in [0, 0.1) is 11.3 Å². The highest BCUT2D eigenvalue weighted by atomic mass is 19.4. The Labute approximate surface area is 171 Å². The average Bonchev–Trinajstić information content (AvgIpc) is 2.73. The van der Waals surface area contributed by atoms with Crippen LogP contribution in [0.2, 0.25) is 0 Å². The number of carbonyl (C=O) groups excluding carboxylic acids is 1. The van der Waals surface area contributed by atoms with Gasteiger partial charge in [-0.05, 0) is 43.3 Å². The van der Waals surface area contributed by atoms with Crippen molar-refractivity contribution in [2.24, 2.45) is 0 Å². The fraction of sp³-hybridized carbons (Fsp3) is 0.333. The zero-order valence-electron chi connectivity index (χ0n) is 16.2. The Morgan fingerprint density at radius 1 is 1.23 bits per heavy atom. The van der Waals surface area contributed by atoms with Gasteiger partial charge >= 0.3 is 6.18 Å². The number of rotatable bonds is 5. The normalized spacial score (nSPS) is 15.2. The first-order chi connectivity index (χ1) is 14.3. The zero-order valence-corrected chi connectivity index (χ0v) is 16.2. The second kappa shape index (κ2) is 9.05. The number of carbonyl (C=O) groups is 1. The monoisotopic (exact) mass is 419 g/mol. The number of alkyl halides is 3. The second-order valence-electron chi connectivity index (χ2n) is 6.72. The molecule has 0 spiro atoms. The topological polar surface area (TPSA) is 74.6 Å². The number of nitrogens with zero attached hydrogens (tertiary/aromatic N) is 2. The molecule has 1 unspecified atom stereocenters. The molecule has 2 aromatic rings. The molecule has 1 aliphatic heterocycles. The van der Waals surface area contributed by atoms with Gasteiger partial charge in [-0.25, -0.2) is 0 Å². The molecule has 6 nitrogen and oxygen atoms in total. The summed E-state index contributed by atoms with van der Waals surface area (Å²) in [5.74, 6) is -0.291. The summed E-state index contributed by atoms with van der Waals surface area (Å²) < 4.78 is 50.4. The summed E-state index contributed by atoms with van der Waals surface area (Å²) in [5.41, 5.74) is 0.0500. The molecule has 1 atom stereocenters. The Kier molecular flexibility index (Phi) is 6.47. The summed E-state index contributed by atoms with van der Waals surface area (Å²) >= 11 is 0. The Balaban J connectivity index is 1.81. The van der Waals surface area contributed by atoms with Gasteiger partial charge in [-0.1, -0.05) is 6.07 Å². The number of ether oxygens (including phenoxy) is 2. The van der Waals surface area contributed by atoms with Crippen molar-refractivity contribution in [2.75, 3.05) is 36.5 Å². The van der Waals surface area contributed by atoms with Gasteiger partial charge in [0.1, 0.15) is 5.75 Å². The van der Waals surface area contributed by atoms with Crippen molar-refractivity contribution in [1.82, 2.24) is 0 Å². The maximum atomic E-state index is 13.2. The van der Waals surface area contributed by atoms with Crippen molar-refractivity contribution in [3.05, 3.63) is 53.6 Å². The van der Waals surface area contributed by atoms with E-state index in [0.717, 1.165) is 12.1 Å². The first kappa shape index (κ1) is 21.5. The lowest BCUT2D eigenvalue weighted by atomic mass is 10.1. The predicted octanol–water partition coefficient (Wildman–Crippen LogP) is 3.82. The zero-order chi connectivity index (χ0) is 21.7. The lowest BCUT2D eigenvalue weighted by Gasteiger charge is -2.31. The molecular formula is C21H20F3N3O3. The van der Waals surface area contributed by atoms with Gasteiger partial charge in [0.2, 0.25) is 0 Å². The van der Waals surface area contributed by atoms with E-state index in [0.29, 0.717) is 43.3 Å². The largest absolute Gasteiger partial charge is 0.481 e. The molecule has 0 radical (unpaired) electrons. The number of amides is 1. The predicted molar refractivity (Wildman–Crippen MR) is 104 cm³/mol. The van der Waals surface area contributed by atoms with Gasteiger partial charge in [0, 0.05) is 13.1 Å². The Hall–Kier alpha value is -3.25. The van der Waals surface area contributed by atoms with Crippen LogP contribution in [0.5, 0.6) is 5.75 Å². The van der Waals surface area contributed by atoms with E-state index < -0.39 is 23.8 Å². The highest BCUT2D eigenvalue weighted by molar-refractivity contribution is 5.97. The van der Waals surface area contributed by atoms with Gasteiger partial charge in [-0.3, -0.25) is 4.79 Å². The second-order valence-corrected chi connectivity index (χ2v) is 6.72. The molecule has 1 saturated heterocycles. The van der Waals surface area contributed by atoms with Crippen molar-refractivity contribution in [3.8, 4) is 11.8 Å². The first-order valence-electron chi connectivity index (χ1n) is 9.29. The van der Waals surface area contributed by atoms with E-state index in [9.17, 15) is 18.0 Å². The minimum Gasteiger partial charge on any atom is -0.481 e. The molecule has 158 valence electrons. The van der Waals surface area contributed by atoms with Crippen LogP contribution >= 0.6 is 0 Å². The molecule has 1 N–H and O–H groups in total. The van der Waals surface area contributed by atoms with Gasteiger partial charge in [0.15, 0.2) is 6.10 Å². The smallest absolute Gasteiger partial charge is 0.416 e. The molecule has 0 saturated carbocycles. The van der Waals surface area contributed by atoms with Crippen LogP contribution < -0.4 is 15.0 Å². The number of morpholine rings is 1. The van der Waals surface area contributed by atoms with Crippen molar-refractivity contribution < 1.29 is 27.4 Å². The van der Waals surface area contributed by atoms with Gasteiger partial charge in [-0.15, -0.1) is 0 Å². The Morgan fingerprint density at radius 3 is 2.63 bits per heavy atom. The highest BCUT2D eigenvalue weighted by Crippen LogP contribution is 2.36. The number of hydrogen-bond acceptors (Lipinski definition) is 5. The Morgan fingerprint density at radius 2 is 1.97 bits per heavy atom. The van der Waals surface area contributed by atoms with Gasteiger partial charge in [0.05, 0.1) is 41.8 Å². The molecular weight excluding hydrogens is 399 g/mol. The van der Waals surface area contributed by atoms with Crippen LogP contribution in [0.3, 0.4) is 0 Å². The molecule has 1 heterocycles. The van der Waals surface area contributed by atoms with E-state index in [-0.39, 0.29) is 5.69 Å². The molecule has 9 heteroatoms. The summed E-state index contributed by atoms with van der Waals surface area (Å²) in [6.45, 7) is 3.38. The van der Waals surface area contributed by atoms with Gasteiger partial charge in [-0.2, -0.15) is 18.4 Å². The van der Waals surface area contributed by atoms with E-state index in [1.807, 2.05) is 11.0 Å². The molecule has 0 aromatic heterocycles. The highest BCUT2D eigenvalue weighted by Gasteiger charge is 2.32. The molecule has 2 aromatic carbocycles. The third-order valence-corrected chi connectivity index (χ3v) is 4.58. The SMILES string of the molecule is CC(Oc1cccc(C#N)c1)C(=O)Nc1cc(C(F)(F)F)ccc1N1CCOCC1. The molecule has 1 aliphatic rings. The van der Waals surface area contributed by atoms with E-state index in [1.54, 1.807) is 18.2 Å². The minimum absolute atomic E-state index is 0.0537. The van der Waals surface area contributed by atoms with E-state index >= 15 is 0 Å². The van der Waals surface area contributed by atoms with Crippen molar-refractivity contribution in [2.45, 2.75) is 19.2 Å². The molecule has 0 aliphatic carbocycles. The average molecular weight is 419 g/mol. The quantitative estimate of drug-likeness (QED) is 0.798. The van der Waals surface area contributed by atoms with Gasteiger partial charge in [0.25, 0.3) is 5.91 Å². The van der Waals surface area contributed by atoms with Crippen LogP contribution in [-0.4, -0.2) is 38.3 Å². The standard InChI is InChI=1S/C21H20F3N3O3/c1-14(30-17-4-2-3-15(11-17)13-25)20(28)26-18-12-16(21(22,23)24)5-6-19(18)27-7-9-29-10-8-27/h2-6,11-12,14H,7-10H2,1H3,(H,26,28). The maximum Gasteiger partial charge on any atom is 0.416 e. The van der Waals surface area contributed by atoms with Crippen LogP contribution in [0.15, 0.2) is 42.5 Å². The maximum absolute atomic E-state index is 13.2. The summed E-state index contributed by atoms with van der Waals surface area (Å²) in [6.07, 6.45) is -5.53. The summed E-state index contributed by atoms with van der Waals surface area (Å²) in [6, 6.07) is 11.5. The van der Waals surface area contributed by atoms with Crippen molar-refractivity contribution >= 4 is 17.3 Å². The number of hydrogen-bond donors (Lipinski definition) is 1. The van der Waals surface area contributed by atoms with Crippen molar-refractivity contribution in [1.29, 1.82) is 5.26 Å². The fourth-order valence-electron chi connectivity index (χ4n) is 3.02. The van der Waals surface area contributed by atoms with E-state index in [1.165, 1.54) is 19.1 Å². The number of benzene rings is 2. The summed E-state index contributed by atoms with van der Waals surface area (Å²) in [4.78, 5) is 14.5. The third-order valence-electron chi connectivity index (χ3n) is 4.58. The van der Waals surface area contributed by atoms with Crippen LogP contribution in [0.25, 0.3) is 0 Å². The Bertz CT molecular complexity index is 950. The number of halogens is 3. The lowest BCUT2D eigenvalue weighted by molar-refractivity contribution is -0.137. The van der Waals surface area contributed by atoms with E-state index in [4.69, 9.17) is 14.7 Å². The summed E-state index contributed by atoms with van der Waals surface area (Å²) in [5, 5.41) is 11.5. The molecule has 1 fully saturated rings. The van der Waals surface area contributed by atoms with Gasteiger partial charge < -0.3 is 19.7 Å². The summed E-state index contributed by atoms with van der Waals surface area (Å²) in [7, 11) is 0. The third kappa shape index (κ3) is 5.21. The number of nitriles is 1. The molecule has 1 amide bonds.